The Labute approximate surface area is 124 Å². The molecule has 1 aromatic carbocycles. The number of aromatic nitrogens is 2. The summed E-state index contributed by atoms with van der Waals surface area (Å²) in [5, 5.41) is 3.32. The van der Waals surface area contributed by atoms with Crippen molar-refractivity contribution >= 4 is 5.82 Å². The second-order valence-corrected chi connectivity index (χ2v) is 4.91. The SMILES string of the molecule is CCc1cc(NC(C)c2ccc(F)c(OC)c2)nc(C)n1. The molecule has 0 amide bonds. The summed E-state index contributed by atoms with van der Waals surface area (Å²) in [5.74, 6) is 1.39. The molecule has 2 rings (SSSR count). The topological polar surface area (TPSA) is 47.0 Å². The molecular weight excluding hydrogens is 269 g/mol. The van der Waals surface area contributed by atoms with Gasteiger partial charge in [0.15, 0.2) is 11.6 Å². The Morgan fingerprint density at radius 1 is 1.29 bits per heavy atom. The van der Waals surface area contributed by atoms with Crippen molar-refractivity contribution < 1.29 is 9.13 Å². The molecule has 0 saturated carbocycles. The van der Waals surface area contributed by atoms with Crippen LogP contribution in [0.25, 0.3) is 0 Å². The van der Waals surface area contributed by atoms with Crippen LogP contribution in [0.1, 0.15) is 37.0 Å². The molecule has 1 unspecified atom stereocenters. The number of methoxy groups -OCH3 is 1. The maximum Gasteiger partial charge on any atom is 0.165 e. The molecule has 0 aliphatic rings. The number of ether oxygens (including phenoxy) is 1. The summed E-state index contributed by atoms with van der Waals surface area (Å²) in [7, 11) is 1.46. The van der Waals surface area contributed by atoms with Gasteiger partial charge in [0, 0.05) is 11.8 Å². The molecule has 112 valence electrons. The lowest BCUT2D eigenvalue weighted by atomic mass is 10.1. The summed E-state index contributed by atoms with van der Waals surface area (Å²) in [5.41, 5.74) is 1.93. The molecule has 1 aromatic heterocycles. The largest absolute Gasteiger partial charge is 0.494 e. The van der Waals surface area contributed by atoms with Crippen molar-refractivity contribution in [3.05, 3.63) is 47.2 Å². The molecule has 1 N–H and O–H groups in total. The monoisotopic (exact) mass is 289 g/mol. The van der Waals surface area contributed by atoms with E-state index in [4.69, 9.17) is 4.74 Å². The minimum atomic E-state index is -0.361. The number of anilines is 1. The Kier molecular flexibility index (Phi) is 4.73. The summed E-state index contributed by atoms with van der Waals surface area (Å²) in [6.45, 7) is 5.92. The smallest absolute Gasteiger partial charge is 0.165 e. The average molecular weight is 289 g/mol. The first-order chi connectivity index (χ1) is 10.0. The van der Waals surface area contributed by atoms with Gasteiger partial charge in [-0.2, -0.15) is 0 Å². The van der Waals surface area contributed by atoms with E-state index in [0.717, 1.165) is 29.3 Å². The van der Waals surface area contributed by atoms with Gasteiger partial charge in [0.2, 0.25) is 0 Å². The number of nitrogens with one attached hydrogen (secondary N) is 1. The van der Waals surface area contributed by atoms with E-state index in [1.165, 1.54) is 13.2 Å². The zero-order chi connectivity index (χ0) is 15.4. The predicted molar refractivity (Wildman–Crippen MR) is 81.1 cm³/mol. The van der Waals surface area contributed by atoms with E-state index < -0.39 is 0 Å². The van der Waals surface area contributed by atoms with Gasteiger partial charge in [-0.15, -0.1) is 0 Å². The van der Waals surface area contributed by atoms with Gasteiger partial charge in [0.05, 0.1) is 13.2 Å². The summed E-state index contributed by atoms with van der Waals surface area (Å²) in [6, 6.07) is 6.77. The van der Waals surface area contributed by atoms with Gasteiger partial charge < -0.3 is 10.1 Å². The molecule has 2 aromatic rings. The maximum absolute atomic E-state index is 13.4. The second kappa shape index (κ2) is 6.52. The van der Waals surface area contributed by atoms with Crippen LogP contribution >= 0.6 is 0 Å². The fourth-order valence-corrected chi connectivity index (χ4v) is 2.14. The van der Waals surface area contributed by atoms with Gasteiger partial charge in [-0.25, -0.2) is 14.4 Å². The normalized spacial score (nSPS) is 12.0. The number of aryl methyl sites for hydroxylation is 2. The first-order valence-corrected chi connectivity index (χ1v) is 6.98. The molecule has 0 bridgehead atoms. The van der Waals surface area contributed by atoms with Crippen LogP contribution in [0.2, 0.25) is 0 Å². The van der Waals surface area contributed by atoms with Crippen LogP contribution in [0, 0.1) is 12.7 Å². The minimum Gasteiger partial charge on any atom is -0.494 e. The van der Waals surface area contributed by atoms with E-state index in [9.17, 15) is 4.39 Å². The van der Waals surface area contributed by atoms with Gasteiger partial charge in [0.1, 0.15) is 11.6 Å². The average Bonchev–Trinajstić information content (AvgIpc) is 2.46. The van der Waals surface area contributed by atoms with E-state index in [2.05, 4.69) is 22.2 Å². The highest BCUT2D eigenvalue weighted by Gasteiger charge is 2.11. The van der Waals surface area contributed by atoms with E-state index in [1.807, 2.05) is 19.9 Å². The molecule has 0 spiro atoms. The minimum absolute atomic E-state index is 0.0153. The number of rotatable bonds is 5. The van der Waals surface area contributed by atoms with E-state index in [-0.39, 0.29) is 17.6 Å². The highest BCUT2D eigenvalue weighted by Crippen LogP contribution is 2.24. The molecular formula is C16H20FN3O. The van der Waals surface area contributed by atoms with E-state index in [1.54, 1.807) is 12.1 Å². The molecule has 0 aliphatic heterocycles. The molecule has 0 saturated heterocycles. The number of hydrogen-bond acceptors (Lipinski definition) is 4. The number of hydrogen-bond donors (Lipinski definition) is 1. The summed E-state index contributed by atoms with van der Waals surface area (Å²) in [6.07, 6.45) is 0.858. The number of nitrogens with zero attached hydrogens (tertiary/aromatic N) is 2. The van der Waals surface area contributed by atoms with Crippen molar-refractivity contribution in [1.29, 1.82) is 0 Å². The number of halogens is 1. The van der Waals surface area contributed by atoms with Crippen LogP contribution in [0.5, 0.6) is 5.75 Å². The van der Waals surface area contributed by atoms with Crippen LogP contribution in [0.15, 0.2) is 24.3 Å². The van der Waals surface area contributed by atoms with Gasteiger partial charge >= 0.3 is 0 Å². The molecule has 0 radical (unpaired) electrons. The zero-order valence-electron chi connectivity index (χ0n) is 12.8. The standard InChI is InChI=1S/C16H20FN3O/c1-5-13-9-16(20-11(3)19-13)18-10(2)12-6-7-14(17)15(8-12)21-4/h6-10H,5H2,1-4H3,(H,18,19,20). The van der Waals surface area contributed by atoms with Crippen molar-refractivity contribution in [2.75, 3.05) is 12.4 Å². The highest BCUT2D eigenvalue weighted by molar-refractivity contribution is 5.41. The van der Waals surface area contributed by atoms with Crippen LogP contribution in [-0.2, 0) is 6.42 Å². The molecule has 1 heterocycles. The van der Waals surface area contributed by atoms with Crippen molar-refractivity contribution in [1.82, 2.24) is 9.97 Å². The van der Waals surface area contributed by atoms with Crippen molar-refractivity contribution in [3.63, 3.8) is 0 Å². The highest BCUT2D eigenvalue weighted by atomic mass is 19.1. The fourth-order valence-electron chi connectivity index (χ4n) is 2.14. The Morgan fingerprint density at radius 3 is 2.71 bits per heavy atom. The van der Waals surface area contributed by atoms with Gasteiger partial charge in [-0.3, -0.25) is 0 Å². The van der Waals surface area contributed by atoms with E-state index >= 15 is 0 Å². The Bertz CT molecular complexity index is 631. The molecule has 1 atom stereocenters. The lowest BCUT2D eigenvalue weighted by Crippen LogP contribution is -2.10. The molecule has 5 heteroatoms. The van der Waals surface area contributed by atoms with Crippen molar-refractivity contribution in [2.45, 2.75) is 33.2 Å². The summed E-state index contributed by atoms with van der Waals surface area (Å²) < 4.78 is 18.5. The fraction of sp³-hybridized carbons (Fsp3) is 0.375. The number of benzene rings is 1. The molecule has 4 nitrogen and oxygen atoms in total. The molecule has 21 heavy (non-hydrogen) atoms. The maximum atomic E-state index is 13.4. The van der Waals surface area contributed by atoms with Gasteiger partial charge in [0.25, 0.3) is 0 Å². The van der Waals surface area contributed by atoms with Crippen LogP contribution in [-0.4, -0.2) is 17.1 Å². The third-order valence-electron chi connectivity index (χ3n) is 3.29. The predicted octanol–water partition coefficient (Wildman–Crippen LogP) is 3.67. The summed E-state index contributed by atoms with van der Waals surface area (Å²) in [4.78, 5) is 8.73. The first kappa shape index (κ1) is 15.2. The molecule has 0 aliphatic carbocycles. The Hall–Kier alpha value is -2.17. The van der Waals surface area contributed by atoms with Crippen LogP contribution < -0.4 is 10.1 Å². The molecule has 0 fully saturated rings. The van der Waals surface area contributed by atoms with Crippen LogP contribution in [0.4, 0.5) is 10.2 Å². The first-order valence-electron chi connectivity index (χ1n) is 6.98. The van der Waals surface area contributed by atoms with Gasteiger partial charge in [-0.05, 0) is 38.0 Å². The Morgan fingerprint density at radius 2 is 2.05 bits per heavy atom. The van der Waals surface area contributed by atoms with Gasteiger partial charge in [-0.1, -0.05) is 13.0 Å². The van der Waals surface area contributed by atoms with Crippen LogP contribution in [0.3, 0.4) is 0 Å². The lowest BCUT2D eigenvalue weighted by Gasteiger charge is -2.16. The second-order valence-electron chi connectivity index (χ2n) is 4.91. The lowest BCUT2D eigenvalue weighted by molar-refractivity contribution is 0.385. The Balaban J connectivity index is 2.21. The van der Waals surface area contributed by atoms with Crippen molar-refractivity contribution in [2.24, 2.45) is 0 Å². The summed E-state index contributed by atoms with van der Waals surface area (Å²) >= 11 is 0. The zero-order valence-corrected chi connectivity index (χ0v) is 12.8. The third kappa shape index (κ3) is 3.68. The third-order valence-corrected chi connectivity index (χ3v) is 3.29. The van der Waals surface area contributed by atoms with E-state index in [0.29, 0.717) is 0 Å². The van der Waals surface area contributed by atoms with Crippen molar-refractivity contribution in [3.8, 4) is 5.75 Å². The quantitative estimate of drug-likeness (QED) is 0.912.